The molecule has 0 fully saturated rings. The number of ether oxygens (including phenoxy) is 1. The Bertz CT molecular complexity index is 3570. The molecule has 12 aromatic rings. The third-order valence-electron chi connectivity index (χ3n) is 13.5. The molecule has 5 heteroatoms. The highest BCUT2D eigenvalue weighted by Gasteiger charge is 2.18. The van der Waals surface area contributed by atoms with Gasteiger partial charge in [0.15, 0.2) is 0 Å². The molecule has 0 atom stereocenters. The van der Waals surface area contributed by atoms with Crippen molar-refractivity contribution in [2.45, 2.75) is 0 Å². The second-order valence-corrected chi connectivity index (χ2v) is 18.5. The molecule has 0 aliphatic heterocycles. The lowest BCUT2D eigenvalue weighted by Gasteiger charge is -2.26. The first-order chi connectivity index (χ1) is 39.0. The highest BCUT2D eigenvalue weighted by atomic mass is 16.5. The van der Waals surface area contributed by atoms with Crippen molar-refractivity contribution in [3.8, 4) is 33.8 Å². The number of anilines is 12. The van der Waals surface area contributed by atoms with Crippen LogP contribution in [0.5, 0.6) is 11.5 Å². The van der Waals surface area contributed by atoms with Crippen molar-refractivity contribution in [1.82, 2.24) is 0 Å². The summed E-state index contributed by atoms with van der Waals surface area (Å²) in [5.41, 5.74) is 16.5. The average molecular weight is 995 g/mol. The van der Waals surface area contributed by atoms with Crippen LogP contribution in [0.2, 0.25) is 0 Å². The molecule has 0 radical (unpaired) electrons. The molecule has 0 unspecified atom stereocenters. The molecule has 77 heavy (non-hydrogen) atoms. The van der Waals surface area contributed by atoms with Crippen molar-refractivity contribution in [2.24, 2.45) is 0 Å². The number of hydrogen-bond donors (Lipinski definition) is 0. The Balaban J connectivity index is 0.761. The van der Waals surface area contributed by atoms with Crippen molar-refractivity contribution in [3.05, 3.63) is 328 Å². The van der Waals surface area contributed by atoms with Crippen molar-refractivity contribution in [2.75, 3.05) is 19.6 Å². The highest BCUT2D eigenvalue weighted by molar-refractivity contribution is 5.83. The first-order valence-electron chi connectivity index (χ1n) is 26.8. The van der Waals surface area contributed by atoms with Gasteiger partial charge in [-0.3, -0.25) is 0 Å². The molecule has 0 heterocycles. The molecule has 0 aromatic heterocycles. The largest absolute Gasteiger partial charge is 0.457 e. The van der Waals surface area contributed by atoms with E-state index >= 15 is 0 Å². The molecule has 5 nitrogen and oxygen atoms in total. The molecule has 0 N–H and O–H groups in total. The van der Waals surface area contributed by atoms with E-state index < -0.39 is 0 Å². The number of hydrogen-bond acceptors (Lipinski definition) is 5. The lowest BCUT2D eigenvalue weighted by Crippen LogP contribution is -2.10. The van der Waals surface area contributed by atoms with Gasteiger partial charge in [-0.15, -0.1) is 0 Å². The number of rotatable bonds is 16. The Kier molecular flexibility index (Phi) is 13.2. The lowest BCUT2D eigenvalue weighted by molar-refractivity contribution is 0.483. The summed E-state index contributed by atoms with van der Waals surface area (Å²) in [4.78, 5) is 8.86. The van der Waals surface area contributed by atoms with Gasteiger partial charge in [0.2, 0.25) is 0 Å². The molecular formula is C72H54N4O. The lowest BCUT2D eigenvalue weighted by atomic mass is 10.0. The van der Waals surface area contributed by atoms with Gasteiger partial charge in [-0.1, -0.05) is 158 Å². The van der Waals surface area contributed by atoms with Gasteiger partial charge in [0.1, 0.15) is 11.5 Å². The fourth-order valence-corrected chi connectivity index (χ4v) is 9.82. The normalized spacial score (nSPS) is 11.2. The molecule has 0 bridgehead atoms. The van der Waals surface area contributed by atoms with Gasteiger partial charge < -0.3 is 24.3 Å². The fraction of sp³-hybridized carbons (Fsp3) is 0. The zero-order chi connectivity index (χ0) is 53.3. The van der Waals surface area contributed by atoms with E-state index in [2.05, 4.69) is 238 Å². The van der Waals surface area contributed by atoms with Gasteiger partial charge in [-0.25, -0.2) is 0 Å². The molecule has 0 aliphatic rings. The van der Waals surface area contributed by atoms with Crippen LogP contribution in [0.4, 0.5) is 68.2 Å². The van der Waals surface area contributed by atoms with Crippen molar-refractivity contribution < 1.29 is 7.48 Å². The molecule has 12 aromatic carbocycles. The maximum atomic E-state index is 8.50. The minimum atomic E-state index is 0.433. The van der Waals surface area contributed by atoms with E-state index in [0.717, 1.165) is 90.5 Å². The van der Waals surface area contributed by atoms with E-state index in [-0.39, 0.29) is 0 Å². The fourth-order valence-electron chi connectivity index (χ4n) is 9.82. The van der Waals surface area contributed by atoms with E-state index in [1.165, 1.54) is 0 Å². The van der Waals surface area contributed by atoms with Gasteiger partial charge in [0.25, 0.3) is 0 Å². The average Bonchev–Trinajstić information content (AvgIpc) is 3.53. The molecule has 0 saturated carbocycles. The summed E-state index contributed by atoms with van der Waals surface area (Å²) in [6.45, 7) is 0. The van der Waals surface area contributed by atoms with Crippen molar-refractivity contribution in [1.29, 1.82) is 0 Å². The van der Waals surface area contributed by atoms with Gasteiger partial charge in [0.05, 0.1) is 2.74 Å². The summed E-state index contributed by atoms with van der Waals surface area (Å²) in [5, 5.41) is 0. The Morgan fingerprint density at radius 2 is 0.364 bits per heavy atom. The summed E-state index contributed by atoms with van der Waals surface area (Å²) in [6.07, 6.45) is 0. The molecule has 0 amide bonds. The van der Waals surface area contributed by atoms with E-state index in [0.29, 0.717) is 23.6 Å². The second-order valence-electron chi connectivity index (χ2n) is 18.5. The maximum Gasteiger partial charge on any atom is 0.127 e. The summed E-state index contributed by atoms with van der Waals surface area (Å²) >= 11 is 0. The number of nitrogens with zero attached hydrogens (tertiary/aromatic N) is 4. The Morgan fingerprint density at radius 3 is 0.584 bits per heavy atom. The van der Waals surface area contributed by atoms with E-state index in [4.69, 9.17) is 7.48 Å². The van der Waals surface area contributed by atoms with Crippen LogP contribution in [-0.4, -0.2) is 0 Å². The molecule has 12 rings (SSSR count). The van der Waals surface area contributed by atoms with Gasteiger partial charge in [0, 0.05) is 68.2 Å². The van der Waals surface area contributed by atoms with Crippen LogP contribution in [0.1, 0.15) is 2.74 Å². The Hall–Kier alpha value is -10.4. The Labute approximate surface area is 454 Å². The highest BCUT2D eigenvalue weighted by Crippen LogP contribution is 2.41. The van der Waals surface area contributed by atoms with Gasteiger partial charge in [-0.2, -0.15) is 0 Å². The van der Waals surface area contributed by atoms with Crippen LogP contribution >= 0.6 is 0 Å². The third kappa shape index (κ3) is 10.7. The van der Waals surface area contributed by atoms with E-state index in [1.54, 1.807) is 12.1 Å². The molecule has 0 spiro atoms. The van der Waals surface area contributed by atoms with Crippen LogP contribution in [0, 0.1) is 0 Å². The Morgan fingerprint density at radius 1 is 0.182 bits per heavy atom. The standard InChI is InChI=1S/C72H54N4O/c1-7-19-59(20-8-1)73(60-21-9-2-10-22-60)65-39-31-55(32-40-65)57-35-43-67(44-36-57)75(63-27-15-5-16-28-63)69-47-51-71(52-48-69)77-72-53-49-70(50-54-72)76(64-29-17-6-18-30-64)68-45-37-58(38-46-68)56-33-41-66(42-34-56)74(61-23-11-3-12-24-61)62-25-13-4-14-26-62/h1-54H/i15T,17T. The minimum Gasteiger partial charge on any atom is -0.457 e. The second kappa shape index (κ2) is 22.4. The summed E-state index contributed by atoms with van der Waals surface area (Å²) in [6, 6.07) is 109. The summed E-state index contributed by atoms with van der Waals surface area (Å²) in [7, 11) is 0. The van der Waals surface area contributed by atoms with Crippen LogP contribution in [0.3, 0.4) is 0 Å². The zero-order valence-corrected chi connectivity index (χ0v) is 42.2. The van der Waals surface area contributed by atoms with Crippen molar-refractivity contribution >= 4 is 68.2 Å². The van der Waals surface area contributed by atoms with Crippen LogP contribution in [0.15, 0.2) is 328 Å². The summed E-state index contributed by atoms with van der Waals surface area (Å²) in [5.74, 6) is 1.38. The van der Waals surface area contributed by atoms with Gasteiger partial charge >= 0.3 is 0 Å². The predicted octanol–water partition coefficient (Wildman–Crippen LogP) is 20.7. The molecule has 368 valence electrons. The van der Waals surface area contributed by atoms with E-state index in [1.807, 2.05) is 84.9 Å². The third-order valence-corrected chi connectivity index (χ3v) is 13.5. The molecule has 0 saturated heterocycles. The number of benzene rings is 12. The topological polar surface area (TPSA) is 22.2 Å². The van der Waals surface area contributed by atoms with E-state index in [9.17, 15) is 0 Å². The first kappa shape index (κ1) is 45.3. The van der Waals surface area contributed by atoms with Crippen LogP contribution < -0.4 is 24.3 Å². The van der Waals surface area contributed by atoms with Crippen LogP contribution in [0.25, 0.3) is 22.3 Å². The van der Waals surface area contributed by atoms with Gasteiger partial charge in [-0.05, 0) is 192 Å². The zero-order valence-electron chi connectivity index (χ0n) is 44.2. The SMILES string of the molecule is [3H]c1cccc(N(c2ccc(Oc3ccc(N(c4ccc(-c5ccc(N(c6ccccc6)c6ccccc6)cc5)cc4)c4cccc([3H])c4)cc3)cc2)c2ccc(-c3ccc(N(c4ccccc4)c4ccccc4)cc3)cc2)c1. The van der Waals surface area contributed by atoms with Crippen LogP contribution in [-0.2, 0) is 0 Å². The predicted molar refractivity (Wildman–Crippen MR) is 323 cm³/mol. The molecular weight excluding hydrogens is 937 g/mol. The monoisotopic (exact) mass is 994 g/mol. The minimum absolute atomic E-state index is 0.433. The quantitative estimate of drug-likeness (QED) is 0.0959. The smallest absolute Gasteiger partial charge is 0.127 e. The maximum absolute atomic E-state index is 8.50. The summed E-state index contributed by atoms with van der Waals surface area (Å²) < 4.78 is 23.5. The molecule has 0 aliphatic carbocycles. The van der Waals surface area contributed by atoms with Crippen molar-refractivity contribution in [3.63, 3.8) is 0 Å². The number of para-hydroxylation sites is 6. The first-order valence-corrected chi connectivity index (χ1v) is 25.8.